The van der Waals surface area contributed by atoms with Crippen molar-refractivity contribution in [3.8, 4) is 5.75 Å². The third-order valence-electron chi connectivity index (χ3n) is 6.81. The molecule has 1 heterocycles. The number of nitrogens with one attached hydrogen (secondary N) is 3. The summed E-state index contributed by atoms with van der Waals surface area (Å²) < 4.78 is 88.3. The molecule has 0 spiro atoms. The largest absolute Gasteiger partial charge is 0.484 e. The van der Waals surface area contributed by atoms with E-state index in [0.717, 1.165) is 6.07 Å². The maximum absolute atomic E-state index is 13.5. The summed E-state index contributed by atoms with van der Waals surface area (Å²) in [5.74, 6) is -1.23. The monoisotopic (exact) mass is 565 g/mol. The van der Waals surface area contributed by atoms with Crippen LogP contribution in [0.25, 0.3) is 0 Å². The number of piperidine rings is 1. The molecule has 2 bridgehead atoms. The van der Waals surface area contributed by atoms with E-state index in [9.17, 15) is 33.4 Å². The van der Waals surface area contributed by atoms with E-state index in [1.165, 1.54) is 12.1 Å². The normalized spacial score (nSPS) is 31.5. The fraction of sp³-hybridized carbons (Fsp3) is 0.619. The molecule has 1 aliphatic heterocycles. The second kappa shape index (κ2) is 8.84. The first kappa shape index (κ1) is 27.1. The molecule has 204 valence electrons. The van der Waals surface area contributed by atoms with Crippen LogP contribution in [0.5, 0.6) is 5.75 Å². The predicted molar refractivity (Wildman–Crippen MR) is 121 cm³/mol. The van der Waals surface area contributed by atoms with E-state index in [1.807, 2.05) is 0 Å². The van der Waals surface area contributed by atoms with Gasteiger partial charge in [-0.25, -0.2) is 4.39 Å². The van der Waals surface area contributed by atoms with Crippen LogP contribution in [0.2, 0.25) is 5.02 Å². The molecular weight excluding hydrogens is 540 g/mol. The van der Waals surface area contributed by atoms with E-state index < -0.39 is 64.4 Å². The first-order chi connectivity index (χ1) is 16.5. The Morgan fingerprint density at radius 3 is 2.42 bits per heavy atom. The fourth-order valence-corrected chi connectivity index (χ4v) is 6.23. The van der Waals surface area contributed by atoms with Crippen molar-refractivity contribution in [3.05, 3.63) is 29.0 Å². The molecule has 0 aromatic heterocycles. The van der Waals surface area contributed by atoms with Crippen LogP contribution in [-0.4, -0.2) is 54.6 Å². The maximum Gasteiger partial charge on any atom is 0.299 e. The van der Waals surface area contributed by atoms with Crippen molar-refractivity contribution >= 4 is 33.6 Å². The number of ether oxygens (including phenoxy) is 2. The van der Waals surface area contributed by atoms with Crippen LogP contribution in [0.15, 0.2) is 18.2 Å². The highest BCUT2D eigenvalue weighted by Gasteiger charge is 2.70. The Balaban J connectivity index is 1.16. The number of hydrogen-bond donors (Lipinski definition) is 3. The molecule has 3 atom stereocenters. The van der Waals surface area contributed by atoms with Gasteiger partial charge in [-0.3, -0.25) is 14.9 Å². The number of amides is 2. The van der Waals surface area contributed by atoms with Crippen LogP contribution < -0.4 is 20.7 Å². The zero-order valence-corrected chi connectivity index (χ0v) is 20.5. The van der Waals surface area contributed by atoms with Crippen molar-refractivity contribution in [3.63, 3.8) is 0 Å². The van der Waals surface area contributed by atoms with Gasteiger partial charge in [0, 0.05) is 24.2 Å². The minimum Gasteiger partial charge on any atom is -0.484 e. The Labute approximate surface area is 208 Å². The molecule has 15 heteroatoms. The van der Waals surface area contributed by atoms with Crippen LogP contribution in [0, 0.1) is 11.7 Å². The number of benzene rings is 1. The molecule has 3 saturated carbocycles. The van der Waals surface area contributed by atoms with Gasteiger partial charge in [0.15, 0.2) is 6.61 Å². The third kappa shape index (κ3) is 6.50. The molecule has 4 fully saturated rings. The van der Waals surface area contributed by atoms with E-state index in [1.54, 1.807) is 5.32 Å². The summed E-state index contributed by atoms with van der Waals surface area (Å²) in [6.45, 7) is -1.17. The Morgan fingerprint density at radius 2 is 1.81 bits per heavy atom. The predicted octanol–water partition coefficient (Wildman–Crippen LogP) is 4.40. The van der Waals surface area contributed by atoms with Crippen LogP contribution in [0.3, 0.4) is 0 Å². The van der Waals surface area contributed by atoms with Gasteiger partial charge >= 0.3 is 0 Å². The molecule has 1 saturated heterocycles. The molecule has 5 rings (SSSR count). The molecular formula is C21H26ClF6N3O4S. The number of halogens is 7. The van der Waals surface area contributed by atoms with E-state index in [-0.39, 0.29) is 35.8 Å². The summed E-state index contributed by atoms with van der Waals surface area (Å²) in [4.78, 5) is 24.6. The Bertz CT molecular complexity index is 1030. The summed E-state index contributed by atoms with van der Waals surface area (Å²) in [5, 5.41) is 4.59. The number of fused-ring (bicyclic) bond motifs is 1. The highest BCUT2D eigenvalue weighted by molar-refractivity contribution is 8.46. The first-order valence-corrected chi connectivity index (χ1v) is 13.7. The molecule has 7 nitrogen and oxygen atoms in total. The van der Waals surface area contributed by atoms with Gasteiger partial charge in [-0.2, -0.15) is 0 Å². The van der Waals surface area contributed by atoms with Gasteiger partial charge in [-0.1, -0.05) is 31.0 Å². The second-order valence-electron chi connectivity index (χ2n) is 9.68. The standard InChI is InChI=1S/C21H26ClF6N3O4S/c22-15-3-1-13(5-16(15)23)34-11-19(33)31-21-6-12(7-21)17(8-21)30-18(32)10-35-14-2-4-20(29-9-14)36(24,25,26,27)28/h1,3,5,12,14,17,20,29H,2,4,6-11H2,(H,30,32)(H,31,33). The number of carbonyl (C=O) groups is 2. The van der Waals surface area contributed by atoms with Gasteiger partial charge in [-0.05, 0) is 50.2 Å². The minimum atomic E-state index is -9.62. The molecule has 2 amide bonds. The average molecular weight is 566 g/mol. The topological polar surface area (TPSA) is 88.7 Å². The molecule has 0 radical (unpaired) electrons. The Hall–Kier alpha value is -1.90. The van der Waals surface area contributed by atoms with Gasteiger partial charge < -0.3 is 20.1 Å². The lowest BCUT2D eigenvalue weighted by Crippen LogP contribution is -2.53. The second-order valence-corrected chi connectivity index (χ2v) is 12.7. The van der Waals surface area contributed by atoms with Crippen LogP contribution >= 0.6 is 21.8 Å². The number of hydrogen-bond acceptors (Lipinski definition) is 5. The lowest BCUT2D eigenvalue weighted by molar-refractivity contribution is -0.129. The summed E-state index contributed by atoms with van der Waals surface area (Å²) in [6, 6.07) is 3.62. The zero-order valence-electron chi connectivity index (χ0n) is 18.9. The third-order valence-corrected chi connectivity index (χ3v) is 8.59. The highest BCUT2D eigenvalue weighted by Crippen LogP contribution is 3.00. The quantitative estimate of drug-likeness (QED) is 0.386. The van der Waals surface area contributed by atoms with E-state index in [4.69, 9.17) is 21.1 Å². The van der Waals surface area contributed by atoms with Crippen molar-refractivity contribution in [2.75, 3.05) is 19.8 Å². The van der Waals surface area contributed by atoms with Gasteiger partial charge in [0.2, 0.25) is 5.91 Å². The molecule has 3 N–H and O–H groups in total. The van der Waals surface area contributed by atoms with Gasteiger partial charge in [-0.15, -0.1) is 0 Å². The number of carbonyl (C=O) groups excluding carboxylic acids is 2. The van der Waals surface area contributed by atoms with E-state index in [2.05, 4.69) is 10.6 Å². The number of rotatable bonds is 9. The molecule has 3 aliphatic carbocycles. The summed E-state index contributed by atoms with van der Waals surface area (Å²) in [7, 11) is -9.62. The SMILES string of the molecule is O=C(COC1CCC(S(F)(F)(F)(F)F)NC1)NC1CC2(NC(=O)COc3ccc(Cl)c(F)c3)CC1C2. The zero-order chi connectivity index (χ0) is 26.4. The average Bonchev–Trinajstić information content (AvgIpc) is 3.25. The Morgan fingerprint density at radius 1 is 1.08 bits per heavy atom. The summed E-state index contributed by atoms with van der Waals surface area (Å²) in [6.07, 6.45) is -0.0633. The van der Waals surface area contributed by atoms with Crippen molar-refractivity contribution < 1.29 is 42.9 Å². The van der Waals surface area contributed by atoms with Crippen molar-refractivity contribution in [1.29, 1.82) is 0 Å². The van der Waals surface area contributed by atoms with Crippen LogP contribution in [-0.2, 0) is 14.3 Å². The smallest absolute Gasteiger partial charge is 0.299 e. The summed E-state index contributed by atoms with van der Waals surface area (Å²) in [5.41, 5.74) is -0.483. The van der Waals surface area contributed by atoms with Crippen molar-refractivity contribution in [2.45, 2.75) is 55.2 Å². The molecule has 36 heavy (non-hydrogen) atoms. The van der Waals surface area contributed by atoms with Crippen molar-refractivity contribution in [2.24, 2.45) is 5.92 Å². The van der Waals surface area contributed by atoms with Crippen LogP contribution in [0.4, 0.5) is 23.8 Å². The van der Waals surface area contributed by atoms with E-state index in [0.29, 0.717) is 19.3 Å². The molecule has 4 aliphatic rings. The van der Waals surface area contributed by atoms with E-state index >= 15 is 0 Å². The van der Waals surface area contributed by atoms with Gasteiger partial charge in [0.05, 0.1) is 11.1 Å². The van der Waals surface area contributed by atoms with Crippen molar-refractivity contribution in [1.82, 2.24) is 16.0 Å². The van der Waals surface area contributed by atoms with Gasteiger partial charge in [0.1, 0.15) is 23.5 Å². The fourth-order valence-electron chi connectivity index (χ4n) is 5.12. The highest BCUT2D eigenvalue weighted by atomic mass is 35.5. The minimum absolute atomic E-state index is 0.0631. The lowest BCUT2D eigenvalue weighted by atomic mass is 9.76. The van der Waals surface area contributed by atoms with Gasteiger partial charge in [0.25, 0.3) is 16.1 Å². The lowest BCUT2D eigenvalue weighted by Gasteiger charge is -2.49. The molecule has 3 unspecified atom stereocenters. The molecule has 1 aromatic carbocycles. The molecule has 1 aromatic rings. The summed E-state index contributed by atoms with van der Waals surface area (Å²) >= 11 is 5.61. The maximum atomic E-state index is 13.5. The first-order valence-electron chi connectivity index (χ1n) is 11.3. The Kier molecular flexibility index (Phi) is 6.67. The van der Waals surface area contributed by atoms with Crippen LogP contribution in [0.1, 0.15) is 32.1 Å².